The van der Waals surface area contributed by atoms with Gasteiger partial charge in [-0.15, -0.1) is 12.4 Å². The monoisotopic (exact) mass is 151 g/mol. The number of hydrogen-bond acceptors (Lipinski definition) is 5. The van der Waals surface area contributed by atoms with Crippen LogP contribution in [0.4, 0.5) is 0 Å². The Morgan fingerprint density at radius 3 is 2.56 bits per heavy atom. The molecule has 9 heavy (non-hydrogen) atoms. The van der Waals surface area contributed by atoms with Gasteiger partial charge in [-0.1, -0.05) is 5.10 Å². The van der Waals surface area contributed by atoms with E-state index < -0.39 is 5.03 Å². The van der Waals surface area contributed by atoms with Crippen LogP contribution < -0.4 is 0 Å². The molecule has 7 nitrogen and oxygen atoms in total. The van der Waals surface area contributed by atoms with E-state index in [4.69, 9.17) is 0 Å². The molecule has 0 atom stereocenters. The van der Waals surface area contributed by atoms with Gasteiger partial charge in [0.2, 0.25) is 11.5 Å². The topological polar surface area (TPSA) is 86.7 Å². The number of rotatable bonds is 1. The Hall–Kier alpha value is -1.24. The maximum absolute atomic E-state index is 9.69. The van der Waals surface area contributed by atoms with E-state index in [9.17, 15) is 10.1 Å². The zero-order chi connectivity index (χ0) is 5.98. The van der Waals surface area contributed by atoms with Crippen molar-refractivity contribution in [2.24, 2.45) is 0 Å². The fraction of sp³-hybridized carbons (Fsp3) is 0. The molecule has 0 aliphatic heterocycles. The number of halogens is 1. The van der Waals surface area contributed by atoms with Crippen LogP contribution >= 0.6 is 12.4 Å². The summed E-state index contributed by atoms with van der Waals surface area (Å²) in [5, 5.41) is 18.0. The molecule has 0 spiro atoms. The summed E-state index contributed by atoms with van der Waals surface area (Å²) >= 11 is 0. The van der Waals surface area contributed by atoms with Gasteiger partial charge in [0.1, 0.15) is 5.21 Å². The van der Waals surface area contributed by atoms with E-state index in [0.29, 0.717) is 4.79 Å². The van der Waals surface area contributed by atoms with Crippen molar-refractivity contribution in [1.82, 2.24) is 20.3 Å². The van der Waals surface area contributed by atoms with Crippen molar-refractivity contribution >= 4 is 12.4 Å². The van der Waals surface area contributed by atoms with E-state index in [0.717, 1.165) is 6.33 Å². The van der Waals surface area contributed by atoms with Crippen LogP contribution in [0.2, 0.25) is 0 Å². The summed E-state index contributed by atoms with van der Waals surface area (Å²) in [5.41, 5.74) is 0. The summed E-state index contributed by atoms with van der Waals surface area (Å²) in [5.74, 6) is 0. The molecule has 0 N–H and O–H groups in total. The van der Waals surface area contributed by atoms with E-state index in [2.05, 4.69) is 15.5 Å². The van der Waals surface area contributed by atoms with Crippen LogP contribution in [-0.4, -0.2) is 25.3 Å². The molecule has 0 fully saturated rings. The summed E-state index contributed by atoms with van der Waals surface area (Å²) in [7, 11) is 0. The van der Waals surface area contributed by atoms with E-state index in [1.54, 1.807) is 0 Å². The normalized spacial score (nSPS) is 8.00. The first-order valence-corrected chi connectivity index (χ1v) is 1.68. The van der Waals surface area contributed by atoms with E-state index in [-0.39, 0.29) is 12.4 Å². The lowest BCUT2D eigenvalue weighted by atomic mass is 11.4. The number of hydrogen-bond donors (Lipinski definition) is 0. The van der Waals surface area contributed by atoms with Gasteiger partial charge in [0.05, 0.1) is 9.82 Å². The van der Waals surface area contributed by atoms with Gasteiger partial charge in [0.25, 0.3) is 0 Å². The van der Waals surface area contributed by atoms with Gasteiger partial charge >= 0.3 is 0 Å². The summed E-state index contributed by atoms with van der Waals surface area (Å²) < 4.78 is 0. The third kappa shape index (κ3) is 1.61. The first-order chi connectivity index (χ1) is 3.80. The smallest absolute Gasteiger partial charge is 0.213 e. The van der Waals surface area contributed by atoms with Gasteiger partial charge in [-0.05, 0) is 0 Å². The molecule has 1 heterocycles. The Morgan fingerprint density at radius 2 is 2.33 bits per heavy atom. The standard InChI is InChI=1S/CHN5O2.ClH/c7-6(8)5-1-2-3-4-5;/h1H;1H. The Labute approximate surface area is 55.2 Å². The number of tetrazole rings is 1. The second-order valence-electron chi connectivity index (χ2n) is 0.968. The summed E-state index contributed by atoms with van der Waals surface area (Å²) in [6.07, 6.45) is 0.903. The average molecular weight is 152 g/mol. The van der Waals surface area contributed by atoms with Gasteiger partial charge in [-0.25, -0.2) is 0 Å². The molecule has 0 unspecified atom stereocenters. The molecular weight excluding hydrogens is 149 g/mol. The molecule has 0 radical (unpaired) electrons. The maximum atomic E-state index is 9.69. The van der Waals surface area contributed by atoms with Crippen molar-refractivity contribution in [2.75, 3.05) is 0 Å². The zero-order valence-electron chi connectivity index (χ0n) is 4.04. The van der Waals surface area contributed by atoms with Gasteiger partial charge in [-0.2, -0.15) is 0 Å². The van der Waals surface area contributed by atoms with Gasteiger partial charge in [-0.3, -0.25) is 0 Å². The second kappa shape index (κ2) is 2.92. The van der Waals surface area contributed by atoms with Crippen LogP contribution in [0.1, 0.15) is 0 Å². The molecular formula is CH2ClN5O2. The third-order valence-electron chi connectivity index (χ3n) is 0.506. The molecule has 0 saturated heterocycles. The molecule has 1 aromatic rings. The van der Waals surface area contributed by atoms with Gasteiger partial charge in [0, 0.05) is 0 Å². The first-order valence-electron chi connectivity index (χ1n) is 1.68. The third-order valence-corrected chi connectivity index (χ3v) is 0.506. The van der Waals surface area contributed by atoms with Crippen molar-refractivity contribution in [2.45, 2.75) is 0 Å². The predicted molar refractivity (Wildman–Crippen MR) is 27.5 cm³/mol. The second-order valence-corrected chi connectivity index (χ2v) is 0.968. The quantitative estimate of drug-likeness (QED) is 0.385. The van der Waals surface area contributed by atoms with Crippen molar-refractivity contribution < 1.29 is 5.03 Å². The minimum absolute atomic E-state index is 0. The van der Waals surface area contributed by atoms with E-state index in [1.807, 2.05) is 0 Å². The van der Waals surface area contributed by atoms with Crippen molar-refractivity contribution in [3.05, 3.63) is 16.4 Å². The van der Waals surface area contributed by atoms with Crippen molar-refractivity contribution in [3.63, 3.8) is 0 Å². The molecule has 0 bridgehead atoms. The fourth-order valence-electron chi connectivity index (χ4n) is 0.231. The molecule has 1 aromatic heterocycles. The largest absolute Gasteiger partial charge is 0.339 e. The van der Waals surface area contributed by atoms with Crippen LogP contribution in [0.15, 0.2) is 6.33 Å². The molecule has 0 aliphatic rings. The summed E-state index contributed by atoms with van der Waals surface area (Å²) in [4.78, 5) is 10.1. The highest BCUT2D eigenvalue weighted by Crippen LogP contribution is 1.70. The fourth-order valence-corrected chi connectivity index (χ4v) is 0.231. The number of aromatic nitrogens is 4. The predicted octanol–water partition coefficient (Wildman–Crippen LogP) is -0.865. The average Bonchev–Trinajstić information content (AvgIpc) is 2.12. The lowest BCUT2D eigenvalue weighted by Crippen LogP contribution is -2.08. The number of nitro groups is 1. The van der Waals surface area contributed by atoms with Crippen LogP contribution in [0.3, 0.4) is 0 Å². The lowest BCUT2D eigenvalue weighted by molar-refractivity contribution is -0.553. The first kappa shape index (κ1) is 7.76. The maximum Gasteiger partial charge on any atom is 0.213 e. The van der Waals surface area contributed by atoms with Gasteiger partial charge in [0.15, 0.2) is 0 Å². The molecule has 8 heteroatoms. The SMILES string of the molecule is Cl.O=[N+]([O-])n1cnnn1. The van der Waals surface area contributed by atoms with Crippen LogP contribution in [-0.2, 0) is 0 Å². The Balaban J connectivity index is 0.000000640. The Morgan fingerprint density at radius 1 is 1.67 bits per heavy atom. The summed E-state index contributed by atoms with van der Waals surface area (Å²) in [6.45, 7) is 0. The van der Waals surface area contributed by atoms with Crippen LogP contribution in [0.25, 0.3) is 0 Å². The lowest BCUT2D eigenvalue weighted by Gasteiger charge is -1.82. The molecule has 0 aromatic carbocycles. The van der Waals surface area contributed by atoms with Crippen LogP contribution in [0.5, 0.6) is 0 Å². The zero-order valence-corrected chi connectivity index (χ0v) is 4.85. The van der Waals surface area contributed by atoms with Crippen LogP contribution in [0, 0.1) is 10.1 Å². The molecule has 50 valence electrons. The van der Waals surface area contributed by atoms with E-state index in [1.165, 1.54) is 0 Å². The highest BCUT2D eigenvalue weighted by atomic mass is 35.5. The van der Waals surface area contributed by atoms with Crippen molar-refractivity contribution in [1.29, 1.82) is 0 Å². The molecule has 0 amide bonds. The molecule has 0 saturated carbocycles. The van der Waals surface area contributed by atoms with E-state index >= 15 is 0 Å². The minimum atomic E-state index is -0.736. The number of nitrogens with zero attached hydrogens (tertiary/aromatic N) is 5. The van der Waals surface area contributed by atoms with Gasteiger partial charge < -0.3 is 10.1 Å². The van der Waals surface area contributed by atoms with Crippen molar-refractivity contribution in [3.8, 4) is 0 Å². The Bertz CT molecular complexity index is 183. The molecule has 0 aliphatic carbocycles. The molecule has 1 rings (SSSR count). The minimum Gasteiger partial charge on any atom is -0.339 e. The highest BCUT2D eigenvalue weighted by Gasteiger charge is 1.98. The Kier molecular flexibility index (Phi) is 2.52. The highest BCUT2D eigenvalue weighted by molar-refractivity contribution is 5.85. The summed E-state index contributed by atoms with van der Waals surface area (Å²) in [6, 6.07) is 0.